The Bertz CT molecular complexity index is 925. The highest BCUT2D eigenvalue weighted by atomic mass is 35.5. The molecule has 1 aliphatic rings. The monoisotopic (exact) mass is 401 g/mol. The number of carbonyl (C=O) groups is 1. The van der Waals surface area contributed by atoms with Gasteiger partial charge in [-0.3, -0.25) is 4.79 Å². The van der Waals surface area contributed by atoms with Crippen molar-refractivity contribution in [3.63, 3.8) is 0 Å². The molecule has 0 radical (unpaired) electrons. The van der Waals surface area contributed by atoms with Crippen LogP contribution in [0.4, 0.5) is 15.8 Å². The Labute approximate surface area is 167 Å². The lowest BCUT2D eigenvalue weighted by Gasteiger charge is -2.14. The van der Waals surface area contributed by atoms with Gasteiger partial charge in [0, 0.05) is 22.1 Å². The Morgan fingerprint density at radius 3 is 2.33 bits per heavy atom. The molecule has 1 aliphatic carbocycles. The van der Waals surface area contributed by atoms with Gasteiger partial charge in [-0.15, -0.1) is 0 Å². The van der Waals surface area contributed by atoms with Gasteiger partial charge in [0.25, 0.3) is 5.91 Å². The van der Waals surface area contributed by atoms with Crippen molar-refractivity contribution < 1.29 is 9.18 Å². The minimum Gasteiger partial charge on any atom is -0.333 e. The van der Waals surface area contributed by atoms with E-state index >= 15 is 0 Å². The van der Waals surface area contributed by atoms with Gasteiger partial charge in [-0.1, -0.05) is 29.8 Å². The number of rotatable bonds is 4. The predicted octanol–water partition coefficient (Wildman–Crippen LogP) is 5.16. The van der Waals surface area contributed by atoms with E-state index in [0.717, 1.165) is 29.3 Å². The number of anilines is 2. The van der Waals surface area contributed by atoms with Crippen LogP contribution in [0.3, 0.4) is 0 Å². The molecule has 3 rings (SSSR count). The summed E-state index contributed by atoms with van der Waals surface area (Å²) in [7, 11) is 0. The van der Waals surface area contributed by atoms with E-state index in [1.807, 2.05) is 12.2 Å². The van der Waals surface area contributed by atoms with Crippen LogP contribution in [0.25, 0.3) is 0 Å². The summed E-state index contributed by atoms with van der Waals surface area (Å²) < 4.78 is 13.7. The Hall–Kier alpha value is -2.70. The lowest BCUT2D eigenvalue weighted by molar-refractivity contribution is 0.102. The molecule has 138 valence electrons. The zero-order valence-corrected chi connectivity index (χ0v) is 15.8. The first-order valence-electron chi connectivity index (χ1n) is 8.31. The van der Waals surface area contributed by atoms with Crippen molar-refractivity contribution >= 4 is 46.2 Å². The summed E-state index contributed by atoms with van der Waals surface area (Å²) in [5.74, 6) is -1.06. The maximum atomic E-state index is 13.7. The third kappa shape index (κ3) is 5.39. The second-order valence-electron chi connectivity index (χ2n) is 5.88. The smallest absolute Gasteiger partial charge is 0.258 e. The van der Waals surface area contributed by atoms with E-state index in [2.05, 4.69) is 16.0 Å². The van der Waals surface area contributed by atoms with Gasteiger partial charge in [0.1, 0.15) is 5.82 Å². The molecule has 0 saturated carbocycles. The fourth-order valence-electron chi connectivity index (χ4n) is 2.53. The van der Waals surface area contributed by atoms with Gasteiger partial charge in [0.2, 0.25) is 0 Å². The maximum Gasteiger partial charge on any atom is 0.258 e. The minimum atomic E-state index is -0.559. The summed E-state index contributed by atoms with van der Waals surface area (Å²) in [4.78, 5) is 12.1. The average Bonchev–Trinajstić information content (AvgIpc) is 2.63. The zero-order chi connectivity index (χ0) is 19.2. The molecule has 3 N–H and O–H groups in total. The van der Waals surface area contributed by atoms with E-state index < -0.39 is 11.7 Å². The normalized spacial score (nSPS) is 13.3. The van der Waals surface area contributed by atoms with Crippen molar-refractivity contribution in [2.45, 2.75) is 12.8 Å². The first-order chi connectivity index (χ1) is 13.0. The van der Waals surface area contributed by atoms with Crippen molar-refractivity contribution in [2.24, 2.45) is 0 Å². The summed E-state index contributed by atoms with van der Waals surface area (Å²) in [5.41, 5.74) is 2.16. The lowest BCUT2D eigenvalue weighted by Crippen LogP contribution is -2.27. The first kappa shape index (κ1) is 19.1. The molecule has 0 fully saturated rings. The second kappa shape index (κ2) is 8.79. The molecule has 2 aromatic carbocycles. The molecule has 0 aliphatic heterocycles. The third-order valence-corrected chi connectivity index (χ3v) is 4.34. The van der Waals surface area contributed by atoms with Gasteiger partial charge < -0.3 is 16.0 Å². The minimum absolute atomic E-state index is 0.00227. The molecule has 0 saturated heterocycles. The number of hydrogen-bond donors (Lipinski definition) is 3. The van der Waals surface area contributed by atoms with E-state index in [1.165, 1.54) is 18.2 Å². The van der Waals surface area contributed by atoms with Crippen molar-refractivity contribution in [3.8, 4) is 0 Å². The molecule has 1 amide bonds. The molecule has 0 bridgehead atoms. The molecule has 0 unspecified atom stereocenters. The van der Waals surface area contributed by atoms with E-state index in [-0.39, 0.29) is 5.56 Å². The standard InChI is InChI=1S/C20H17ClFN3OS/c21-13-4-3-5-16(12-13)25-20(27)24-15-10-8-14(9-11-15)23-19(26)17-6-1-2-7-18(17)22/h1-2,5-12H,3-4H2,(H,23,26)(H2,24,25,27). The quantitative estimate of drug-likeness (QED) is 0.619. The summed E-state index contributed by atoms with van der Waals surface area (Å²) in [6.07, 6.45) is 5.59. The number of allylic oxidation sites excluding steroid dienone is 3. The number of hydrogen-bond acceptors (Lipinski definition) is 2. The maximum absolute atomic E-state index is 13.7. The van der Waals surface area contributed by atoms with Gasteiger partial charge in [0.05, 0.1) is 5.56 Å². The van der Waals surface area contributed by atoms with Crippen LogP contribution in [0.5, 0.6) is 0 Å². The highest BCUT2D eigenvalue weighted by Gasteiger charge is 2.11. The fraction of sp³-hybridized carbons (Fsp3) is 0.100. The van der Waals surface area contributed by atoms with Crippen LogP contribution < -0.4 is 16.0 Å². The van der Waals surface area contributed by atoms with Gasteiger partial charge in [0.15, 0.2) is 5.11 Å². The molecule has 4 nitrogen and oxygen atoms in total. The Balaban J connectivity index is 1.57. The highest BCUT2D eigenvalue weighted by molar-refractivity contribution is 7.80. The topological polar surface area (TPSA) is 53.2 Å². The summed E-state index contributed by atoms with van der Waals surface area (Å²) >= 11 is 11.3. The predicted molar refractivity (Wildman–Crippen MR) is 111 cm³/mol. The third-order valence-electron chi connectivity index (χ3n) is 3.84. The molecule has 0 heterocycles. The van der Waals surface area contributed by atoms with Gasteiger partial charge in [-0.25, -0.2) is 4.39 Å². The number of halogens is 2. The number of nitrogens with one attached hydrogen (secondary N) is 3. The molecular formula is C20H17ClFN3OS. The van der Waals surface area contributed by atoms with Crippen molar-refractivity contribution in [2.75, 3.05) is 10.6 Å². The molecule has 0 spiro atoms. The number of thiocarbonyl (C=S) groups is 1. The summed E-state index contributed by atoms with van der Waals surface area (Å²) in [5, 5.41) is 10.0. The Morgan fingerprint density at radius 2 is 1.67 bits per heavy atom. The van der Waals surface area contributed by atoms with Crippen LogP contribution in [0.2, 0.25) is 0 Å². The molecule has 7 heteroatoms. The average molecular weight is 402 g/mol. The summed E-state index contributed by atoms with van der Waals surface area (Å²) in [6, 6.07) is 12.8. The number of amides is 1. The van der Waals surface area contributed by atoms with Gasteiger partial charge in [-0.05, 0) is 67.5 Å². The fourth-order valence-corrected chi connectivity index (χ4v) is 2.99. The SMILES string of the molecule is O=C(Nc1ccc(NC(=S)NC2=CCCC(Cl)=C2)cc1)c1ccccc1F. The van der Waals surface area contributed by atoms with Gasteiger partial charge >= 0.3 is 0 Å². The van der Waals surface area contributed by atoms with Crippen molar-refractivity contribution in [3.05, 3.63) is 82.8 Å². The van der Waals surface area contributed by atoms with Crippen molar-refractivity contribution in [1.29, 1.82) is 0 Å². The molecule has 2 aromatic rings. The van der Waals surface area contributed by atoms with Crippen LogP contribution in [-0.4, -0.2) is 11.0 Å². The van der Waals surface area contributed by atoms with Crippen LogP contribution in [0.15, 0.2) is 71.4 Å². The van der Waals surface area contributed by atoms with E-state index in [4.69, 9.17) is 23.8 Å². The highest BCUT2D eigenvalue weighted by Crippen LogP contribution is 2.19. The molecular weight excluding hydrogens is 385 g/mol. The van der Waals surface area contributed by atoms with E-state index in [1.54, 1.807) is 30.3 Å². The second-order valence-corrected chi connectivity index (χ2v) is 6.77. The molecule has 0 aromatic heterocycles. The van der Waals surface area contributed by atoms with Crippen LogP contribution >= 0.6 is 23.8 Å². The molecule has 27 heavy (non-hydrogen) atoms. The van der Waals surface area contributed by atoms with Crippen LogP contribution in [0, 0.1) is 5.82 Å². The number of carbonyl (C=O) groups excluding carboxylic acids is 1. The summed E-state index contributed by atoms with van der Waals surface area (Å²) in [6.45, 7) is 0. The first-order valence-corrected chi connectivity index (χ1v) is 9.10. The van der Waals surface area contributed by atoms with Gasteiger partial charge in [-0.2, -0.15) is 0 Å². The van der Waals surface area contributed by atoms with E-state index in [9.17, 15) is 9.18 Å². The Morgan fingerprint density at radius 1 is 1.00 bits per heavy atom. The lowest BCUT2D eigenvalue weighted by atomic mass is 10.1. The van der Waals surface area contributed by atoms with Crippen molar-refractivity contribution in [1.82, 2.24) is 5.32 Å². The van der Waals surface area contributed by atoms with Crippen LogP contribution in [0.1, 0.15) is 23.2 Å². The largest absolute Gasteiger partial charge is 0.333 e. The Kier molecular flexibility index (Phi) is 6.21. The molecule has 0 atom stereocenters. The van der Waals surface area contributed by atoms with Crippen LogP contribution in [-0.2, 0) is 0 Å². The number of benzene rings is 2. The zero-order valence-electron chi connectivity index (χ0n) is 14.3. The van der Waals surface area contributed by atoms with E-state index in [0.29, 0.717) is 10.8 Å².